The number of benzene rings is 2. The molecule has 0 spiro atoms. The standard InChI is InChI=1S/C25H34N3OPS/c1-20(7-5-16-30-17-6-18-30)27-15-14-23(21-8-3-2-4-9-21)19-28-31-24-12-10-22(11-13-24)25(26)29/h2-4,8-13,23,28H,5-7,14-19H2,1H3,(H2,26,29). The Labute approximate surface area is 192 Å². The number of nitrogens with one attached hydrogen (secondary N) is 1. The van der Waals surface area contributed by atoms with Gasteiger partial charge in [-0.1, -0.05) is 30.3 Å². The number of nitrogens with two attached hydrogens (primary N) is 1. The first-order valence-corrected chi connectivity index (χ1v) is 13.9. The second kappa shape index (κ2) is 13.0. The van der Waals surface area contributed by atoms with Crippen LogP contribution in [-0.2, 0) is 0 Å². The summed E-state index contributed by atoms with van der Waals surface area (Å²) in [6.45, 7) is 3.93. The molecule has 3 N–H and O–H groups in total. The van der Waals surface area contributed by atoms with Crippen molar-refractivity contribution in [2.45, 2.75) is 43.4 Å². The van der Waals surface area contributed by atoms with E-state index in [9.17, 15) is 4.79 Å². The van der Waals surface area contributed by atoms with E-state index in [0.717, 1.165) is 30.8 Å². The van der Waals surface area contributed by atoms with Crippen LogP contribution >= 0.6 is 19.9 Å². The Morgan fingerprint density at radius 1 is 1.16 bits per heavy atom. The summed E-state index contributed by atoms with van der Waals surface area (Å²) in [7, 11) is 0.398. The Morgan fingerprint density at radius 3 is 2.55 bits per heavy atom. The number of aliphatic imine (C=N–C) groups is 1. The minimum atomic E-state index is -0.395. The number of hydrogen-bond donors (Lipinski definition) is 2. The zero-order valence-corrected chi connectivity index (χ0v) is 20.1. The number of nitrogens with zero attached hydrogens (tertiary/aromatic N) is 1. The SMILES string of the molecule is CC(CCCP1CCC1)=NCCC(CNSc1ccc(C(N)=O)cc1)c1ccccc1. The van der Waals surface area contributed by atoms with Gasteiger partial charge in [0.15, 0.2) is 0 Å². The van der Waals surface area contributed by atoms with Gasteiger partial charge in [0.2, 0.25) is 5.91 Å². The summed E-state index contributed by atoms with van der Waals surface area (Å²) in [6, 6.07) is 18.1. The van der Waals surface area contributed by atoms with Gasteiger partial charge >= 0.3 is 0 Å². The van der Waals surface area contributed by atoms with Crippen LogP contribution in [0.3, 0.4) is 0 Å². The minimum Gasteiger partial charge on any atom is -0.366 e. The van der Waals surface area contributed by atoms with E-state index in [4.69, 9.17) is 10.7 Å². The number of carbonyl (C=O) groups is 1. The van der Waals surface area contributed by atoms with E-state index in [1.807, 2.05) is 12.1 Å². The molecule has 2 aromatic carbocycles. The molecule has 0 bridgehead atoms. The van der Waals surface area contributed by atoms with Gasteiger partial charge in [0.05, 0.1) is 0 Å². The highest BCUT2D eigenvalue weighted by molar-refractivity contribution is 7.97. The number of amides is 1. The molecule has 6 heteroatoms. The lowest BCUT2D eigenvalue weighted by Gasteiger charge is -2.25. The summed E-state index contributed by atoms with van der Waals surface area (Å²) >= 11 is 1.59. The maximum Gasteiger partial charge on any atom is 0.248 e. The van der Waals surface area contributed by atoms with Crippen molar-refractivity contribution in [2.75, 3.05) is 31.6 Å². The van der Waals surface area contributed by atoms with Gasteiger partial charge in [0.25, 0.3) is 0 Å². The predicted octanol–water partition coefficient (Wildman–Crippen LogP) is 5.68. The molecule has 166 valence electrons. The highest BCUT2D eigenvalue weighted by Gasteiger charge is 2.15. The van der Waals surface area contributed by atoms with Crippen LogP contribution < -0.4 is 10.5 Å². The molecule has 1 aliphatic heterocycles. The second-order valence-corrected chi connectivity index (χ2v) is 11.8. The zero-order valence-electron chi connectivity index (χ0n) is 18.4. The molecule has 2 aromatic rings. The van der Waals surface area contributed by atoms with E-state index in [0.29, 0.717) is 19.4 Å². The molecular formula is C25H34N3OPS. The molecule has 1 aliphatic rings. The fourth-order valence-corrected chi connectivity index (χ4v) is 6.22. The van der Waals surface area contributed by atoms with Crippen LogP contribution in [-0.4, -0.2) is 43.2 Å². The third kappa shape index (κ3) is 8.40. The summed E-state index contributed by atoms with van der Waals surface area (Å²) in [5, 5.41) is 0. The summed E-state index contributed by atoms with van der Waals surface area (Å²) < 4.78 is 3.50. The Kier molecular flexibility index (Phi) is 10.1. The summed E-state index contributed by atoms with van der Waals surface area (Å²) in [4.78, 5) is 17.2. The van der Waals surface area contributed by atoms with Crippen LogP contribution in [0.1, 0.15) is 54.4 Å². The van der Waals surface area contributed by atoms with Gasteiger partial charge in [0.1, 0.15) is 0 Å². The van der Waals surface area contributed by atoms with Gasteiger partial charge in [-0.2, -0.15) is 0 Å². The molecule has 0 aromatic heterocycles. The largest absolute Gasteiger partial charge is 0.366 e. The van der Waals surface area contributed by atoms with E-state index in [-0.39, 0.29) is 0 Å². The molecule has 1 heterocycles. The third-order valence-corrected chi connectivity index (χ3v) is 9.42. The Morgan fingerprint density at radius 2 is 1.90 bits per heavy atom. The minimum absolute atomic E-state index is 0.395. The van der Waals surface area contributed by atoms with Crippen molar-refractivity contribution in [1.82, 2.24) is 4.72 Å². The van der Waals surface area contributed by atoms with E-state index in [2.05, 4.69) is 42.0 Å². The van der Waals surface area contributed by atoms with Crippen LogP contribution in [0.5, 0.6) is 0 Å². The quantitative estimate of drug-likeness (QED) is 0.232. The van der Waals surface area contributed by atoms with Crippen molar-refractivity contribution in [2.24, 2.45) is 10.7 Å². The molecule has 1 saturated heterocycles. The average Bonchev–Trinajstić information content (AvgIpc) is 2.75. The van der Waals surface area contributed by atoms with E-state index >= 15 is 0 Å². The predicted molar refractivity (Wildman–Crippen MR) is 136 cm³/mol. The number of primary amides is 1. The molecule has 3 rings (SSSR count). The van der Waals surface area contributed by atoms with E-state index in [1.54, 1.807) is 24.1 Å². The van der Waals surface area contributed by atoms with Crippen molar-refractivity contribution >= 4 is 31.5 Å². The smallest absolute Gasteiger partial charge is 0.248 e. The van der Waals surface area contributed by atoms with Gasteiger partial charge in [-0.25, -0.2) is 0 Å². The van der Waals surface area contributed by atoms with Crippen molar-refractivity contribution in [3.05, 3.63) is 65.7 Å². The van der Waals surface area contributed by atoms with Crippen LogP contribution in [0, 0.1) is 0 Å². The molecule has 4 nitrogen and oxygen atoms in total. The van der Waals surface area contributed by atoms with Crippen LogP contribution in [0.25, 0.3) is 0 Å². The Hall–Kier alpha value is -1.68. The zero-order chi connectivity index (χ0) is 21.9. The van der Waals surface area contributed by atoms with E-state index < -0.39 is 5.91 Å². The third-order valence-electron chi connectivity index (χ3n) is 5.75. The average molecular weight is 456 g/mol. The monoisotopic (exact) mass is 455 g/mol. The molecule has 0 radical (unpaired) electrons. The molecule has 31 heavy (non-hydrogen) atoms. The van der Waals surface area contributed by atoms with Crippen LogP contribution in [0.15, 0.2) is 64.5 Å². The second-order valence-electron chi connectivity index (χ2n) is 8.15. The Bertz CT molecular complexity index is 838. The number of rotatable bonds is 13. The lowest BCUT2D eigenvalue weighted by atomic mass is 9.96. The first-order chi connectivity index (χ1) is 15.1. The first-order valence-electron chi connectivity index (χ1n) is 11.2. The highest BCUT2D eigenvalue weighted by Crippen LogP contribution is 2.46. The number of carbonyl (C=O) groups excluding carboxylic acids is 1. The van der Waals surface area contributed by atoms with Gasteiger partial charge in [-0.3, -0.25) is 14.5 Å². The summed E-state index contributed by atoms with van der Waals surface area (Å²) in [5.41, 5.74) is 8.50. The highest BCUT2D eigenvalue weighted by atomic mass is 32.2. The van der Waals surface area contributed by atoms with Crippen molar-refractivity contribution in [1.29, 1.82) is 0 Å². The summed E-state index contributed by atoms with van der Waals surface area (Å²) in [6.07, 6.45) is 9.42. The van der Waals surface area contributed by atoms with Gasteiger partial charge in [-0.15, -0.1) is 7.92 Å². The van der Waals surface area contributed by atoms with Crippen molar-refractivity contribution in [3.63, 3.8) is 0 Å². The topological polar surface area (TPSA) is 67.5 Å². The molecule has 1 amide bonds. The lowest BCUT2D eigenvalue weighted by Crippen LogP contribution is -2.17. The van der Waals surface area contributed by atoms with Crippen molar-refractivity contribution in [3.8, 4) is 0 Å². The molecule has 0 aliphatic carbocycles. The maximum absolute atomic E-state index is 11.2. The van der Waals surface area contributed by atoms with Crippen LogP contribution in [0.4, 0.5) is 0 Å². The number of hydrogen-bond acceptors (Lipinski definition) is 4. The van der Waals surface area contributed by atoms with Gasteiger partial charge in [0, 0.05) is 29.3 Å². The molecular weight excluding hydrogens is 421 g/mol. The molecule has 1 fully saturated rings. The Balaban J connectivity index is 1.46. The molecule has 1 unspecified atom stereocenters. The maximum atomic E-state index is 11.2. The molecule has 0 saturated carbocycles. The van der Waals surface area contributed by atoms with Gasteiger partial charge in [-0.05, 0) is 98.8 Å². The van der Waals surface area contributed by atoms with Crippen LogP contribution in [0.2, 0.25) is 0 Å². The molecule has 1 atom stereocenters. The fraction of sp³-hybridized carbons (Fsp3) is 0.440. The lowest BCUT2D eigenvalue weighted by molar-refractivity contribution is 0.1000. The summed E-state index contributed by atoms with van der Waals surface area (Å²) in [5.74, 6) is 0.0158. The van der Waals surface area contributed by atoms with Crippen molar-refractivity contribution < 1.29 is 4.79 Å². The first kappa shape index (κ1) is 24.0. The fourth-order valence-electron chi connectivity index (χ4n) is 3.68. The van der Waals surface area contributed by atoms with Gasteiger partial charge < -0.3 is 5.73 Å². The van der Waals surface area contributed by atoms with E-state index in [1.165, 1.54) is 42.6 Å². The normalized spacial score (nSPS) is 15.5.